The molecular formula is C15H28N2. The van der Waals surface area contributed by atoms with Crippen LogP contribution in [0.15, 0.2) is 0 Å². The van der Waals surface area contributed by atoms with Crippen LogP contribution in [0.3, 0.4) is 0 Å². The van der Waals surface area contributed by atoms with Gasteiger partial charge in [0.05, 0.1) is 0 Å². The SMILES string of the molecule is CC1(C)CNC2(CCCC2)CN1CCC1CC1. The topological polar surface area (TPSA) is 15.3 Å². The van der Waals surface area contributed by atoms with Crippen molar-refractivity contribution >= 4 is 0 Å². The van der Waals surface area contributed by atoms with Gasteiger partial charge >= 0.3 is 0 Å². The molecule has 17 heavy (non-hydrogen) atoms. The Morgan fingerprint density at radius 2 is 1.88 bits per heavy atom. The highest BCUT2D eigenvalue weighted by atomic mass is 15.3. The molecule has 0 aromatic heterocycles. The third kappa shape index (κ3) is 2.53. The number of rotatable bonds is 3. The molecule has 3 rings (SSSR count). The van der Waals surface area contributed by atoms with E-state index in [0.29, 0.717) is 11.1 Å². The number of hydrogen-bond acceptors (Lipinski definition) is 2. The first-order valence-electron chi connectivity index (χ1n) is 7.60. The van der Waals surface area contributed by atoms with E-state index in [1.807, 2.05) is 0 Å². The van der Waals surface area contributed by atoms with E-state index in [4.69, 9.17) is 0 Å². The second-order valence-corrected chi connectivity index (χ2v) is 7.31. The number of nitrogens with zero attached hydrogens (tertiary/aromatic N) is 1. The zero-order valence-corrected chi connectivity index (χ0v) is 11.6. The van der Waals surface area contributed by atoms with Crippen LogP contribution in [-0.2, 0) is 0 Å². The summed E-state index contributed by atoms with van der Waals surface area (Å²) in [6.07, 6.45) is 10.1. The normalized spacial score (nSPS) is 32.1. The molecular weight excluding hydrogens is 208 g/mol. The van der Waals surface area contributed by atoms with Crippen LogP contribution in [0.2, 0.25) is 0 Å². The van der Waals surface area contributed by atoms with Gasteiger partial charge in [-0.1, -0.05) is 25.7 Å². The van der Waals surface area contributed by atoms with Crippen LogP contribution < -0.4 is 5.32 Å². The molecule has 3 aliphatic rings. The third-order valence-corrected chi connectivity index (χ3v) is 5.31. The summed E-state index contributed by atoms with van der Waals surface area (Å²) < 4.78 is 0. The molecule has 2 heteroatoms. The Hall–Kier alpha value is -0.0800. The van der Waals surface area contributed by atoms with Crippen molar-refractivity contribution in [3.63, 3.8) is 0 Å². The zero-order chi connectivity index (χ0) is 11.9. The first-order valence-corrected chi connectivity index (χ1v) is 7.60. The van der Waals surface area contributed by atoms with Crippen molar-refractivity contribution in [3.05, 3.63) is 0 Å². The minimum atomic E-state index is 0.364. The van der Waals surface area contributed by atoms with E-state index in [1.54, 1.807) is 0 Å². The maximum absolute atomic E-state index is 3.88. The highest BCUT2D eigenvalue weighted by molar-refractivity contribution is 5.04. The minimum absolute atomic E-state index is 0.364. The molecule has 1 saturated heterocycles. The first kappa shape index (κ1) is 12.0. The molecule has 2 saturated carbocycles. The smallest absolute Gasteiger partial charge is 0.0309 e. The second-order valence-electron chi connectivity index (χ2n) is 7.31. The Bertz CT molecular complexity index is 275. The molecule has 3 fully saturated rings. The molecule has 1 N–H and O–H groups in total. The molecule has 2 aliphatic carbocycles. The molecule has 2 nitrogen and oxygen atoms in total. The maximum Gasteiger partial charge on any atom is 0.0309 e. The van der Waals surface area contributed by atoms with Crippen molar-refractivity contribution in [2.24, 2.45) is 5.92 Å². The highest BCUT2D eigenvalue weighted by Crippen LogP contribution is 2.37. The van der Waals surface area contributed by atoms with Gasteiger partial charge in [-0.3, -0.25) is 4.90 Å². The van der Waals surface area contributed by atoms with Crippen LogP contribution in [0.25, 0.3) is 0 Å². The predicted molar refractivity (Wildman–Crippen MR) is 72.2 cm³/mol. The largest absolute Gasteiger partial charge is 0.308 e. The summed E-state index contributed by atoms with van der Waals surface area (Å²) in [5.74, 6) is 1.07. The average molecular weight is 236 g/mol. The molecule has 0 aromatic carbocycles. The van der Waals surface area contributed by atoms with Crippen molar-refractivity contribution in [2.75, 3.05) is 19.6 Å². The summed E-state index contributed by atoms with van der Waals surface area (Å²) in [4.78, 5) is 2.78. The third-order valence-electron chi connectivity index (χ3n) is 5.31. The highest BCUT2D eigenvalue weighted by Gasteiger charge is 2.44. The van der Waals surface area contributed by atoms with Crippen molar-refractivity contribution in [1.29, 1.82) is 0 Å². The van der Waals surface area contributed by atoms with Gasteiger partial charge in [0.1, 0.15) is 0 Å². The summed E-state index contributed by atoms with van der Waals surface area (Å²) in [7, 11) is 0. The zero-order valence-electron chi connectivity index (χ0n) is 11.6. The van der Waals surface area contributed by atoms with Crippen molar-refractivity contribution in [1.82, 2.24) is 10.2 Å². The Kier molecular flexibility index (Phi) is 2.99. The monoisotopic (exact) mass is 236 g/mol. The Morgan fingerprint density at radius 3 is 2.53 bits per heavy atom. The summed E-state index contributed by atoms with van der Waals surface area (Å²) in [5.41, 5.74) is 0.849. The predicted octanol–water partition coefficient (Wildman–Crippen LogP) is 2.78. The molecule has 0 radical (unpaired) electrons. The lowest BCUT2D eigenvalue weighted by Gasteiger charge is -2.51. The van der Waals surface area contributed by atoms with Gasteiger partial charge in [0, 0.05) is 24.2 Å². The number of hydrogen-bond donors (Lipinski definition) is 1. The van der Waals surface area contributed by atoms with Gasteiger partial charge in [-0.15, -0.1) is 0 Å². The van der Waals surface area contributed by atoms with Crippen LogP contribution in [0.1, 0.15) is 58.8 Å². The molecule has 1 aliphatic heterocycles. The first-order chi connectivity index (χ1) is 8.10. The van der Waals surface area contributed by atoms with Crippen LogP contribution in [-0.4, -0.2) is 35.6 Å². The van der Waals surface area contributed by atoms with Gasteiger partial charge in [-0.25, -0.2) is 0 Å². The number of piperazine rings is 1. The molecule has 0 bridgehead atoms. The van der Waals surface area contributed by atoms with E-state index in [1.165, 1.54) is 64.6 Å². The molecule has 0 atom stereocenters. The Balaban J connectivity index is 1.63. The molecule has 0 amide bonds. The average Bonchev–Trinajstić information content (AvgIpc) is 3.01. The van der Waals surface area contributed by atoms with Gasteiger partial charge in [-0.05, 0) is 45.6 Å². The van der Waals surface area contributed by atoms with Crippen molar-refractivity contribution in [2.45, 2.75) is 69.9 Å². The van der Waals surface area contributed by atoms with Gasteiger partial charge in [0.15, 0.2) is 0 Å². The van der Waals surface area contributed by atoms with E-state index in [-0.39, 0.29) is 0 Å². The van der Waals surface area contributed by atoms with E-state index < -0.39 is 0 Å². The fourth-order valence-electron chi connectivity index (χ4n) is 3.66. The maximum atomic E-state index is 3.88. The van der Waals surface area contributed by atoms with E-state index >= 15 is 0 Å². The second kappa shape index (κ2) is 4.24. The quantitative estimate of drug-likeness (QED) is 0.810. The van der Waals surface area contributed by atoms with Crippen LogP contribution in [0, 0.1) is 5.92 Å². The lowest BCUT2D eigenvalue weighted by atomic mass is 9.87. The van der Waals surface area contributed by atoms with Crippen LogP contribution in [0.5, 0.6) is 0 Å². The van der Waals surface area contributed by atoms with Crippen LogP contribution in [0.4, 0.5) is 0 Å². The number of nitrogens with one attached hydrogen (secondary N) is 1. The lowest BCUT2D eigenvalue weighted by Crippen LogP contribution is -2.67. The van der Waals surface area contributed by atoms with E-state index in [0.717, 1.165) is 5.92 Å². The van der Waals surface area contributed by atoms with E-state index in [2.05, 4.69) is 24.1 Å². The fourth-order valence-corrected chi connectivity index (χ4v) is 3.66. The van der Waals surface area contributed by atoms with Gasteiger partial charge < -0.3 is 5.32 Å². The van der Waals surface area contributed by atoms with Crippen LogP contribution >= 0.6 is 0 Å². The minimum Gasteiger partial charge on any atom is -0.308 e. The standard InChI is InChI=1S/C15H28N2/c1-14(2)11-16-15(8-3-4-9-15)12-17(14)10-7-13-5-6-13/h13,16H,3-12H2,1-2H3. The van der Waals surface area contributed by atoms with Crippen molar-refractivity contribution < 1.29 is 0 Å². The molecule has 1 heterocycles. The fraction of sp³-hybridized carbons (Fsp3) is 1.00. The van der Waals surface area contributed by atoms with Gasteiger partial charge in [0.2, 0.25) is 0 Å². The molecule has 0 unspecified atom stereocenters. The summed E-state index contributed by atoms with van der Waals surface area (Å²) in [5, 5.41) is 3.88. The summed E-state index contributed by atoms with van der Waals surface area (Å²) in [6.45, 7) is 8.63. The Labute approximate surface area is 106 Å². The molecule has 98 valence electrons. The van der Waals surface area contributed by atoms with Gasteiger partial charge in [-0.2, -0.15) is 0 Å². The molecule has 1 spiro atoms. The van der Waals surface area contributed by atoms with E-state index in [9.17, 15) is 0 Å². The van der Waals surface area contributed by atoms with Crippen molar-refractivity contribution in [3.8, 4) is 0 Å². The Morgan fingerprint density at radius 1 is 1.18 bits per heavy atom. The summed E-state index contributed by atoms with van der Waals surface area (Å²) in [6, 6.07) is 0. The molecule has 0 aromatic rings. The summed E-state index contributed by atoms with van der Waals surface area (Å²) >= 11 is 0. The van der Waals surface area contributed by atoms with Gasteiger partial charge in [0.25, 0.3) is 0 Å². The lowest BCUT2D eigenvalue weighted by molar-refractivity contribution is 0.0264.